The van der Waals surface area contributed by atoms with Crippen LogP contribution >= 0.6 is 0 Å². The van der Waals surface area contributed by atoms with Crippen LogP contribution in [-0.2, 0) is 11.8 Å². The van der Waals surface area contributed by atoms with Crippen molar-refractivity contribution in [1.82, 2.24) is 19.9 Å². The van der Waals surface area contributed by atoms with Crippen molar-refractivity contribution in [3.8, 4) is 0 Å². The van der Waals surface area contributed by atoms with E-state index in [0.29, 0.717) is 18.4 Å². The molecule has 0 bridgehead atoms. The average molecular weight is 277 g/mol. The van der Waals surface area contributed by atoms with Crippen molar-refractivity contribution >= 4 is 6.01 Å². The summed E-state index contributed by atoms with van der Waals surface area (Å²) >= 11 is 0. The van der Waals surface area contributed by atoms with Crippen LogP contribution in [0.2, 0.25) is 0 Å². The van der Waals surface area contributed by atoms with E-state index in [2.05, 4.69) is 20.6 Å². The highest BCUT2D eigenvalue weighted by atomic mass is 16.5. The van der Waals surface area contributed by atoms with Crippen molar-refractivity contribution < 1.29 is 9.26 Å². The fourth-order valence-corrected chi connectivity index (χ4v) is 2.38. The van der Waals surface area contributed by atoms with E-state index in [0.717, 1.165) is 12.1 Å². The molecule has 0 aromatic carbocycles. The third kappa shape index (κ3) is 2.40. The van der Waals surface area contributed by atoms with Gasteiger partial charge in [0, 0.05) is 25.8 Å². The molecular formula is C13H19N5O2. The van der Waals surface area contributed by atoms with Gasteiger partial charge in [-0.2, -0.15) is 10.1 Å². The van der Waals surface area contributed by atoms with Crippen LogP contribution < -0.4 is 5.32 Å². The van der Waals surface area contributed by atoms with E-state index in [-0.39, 0.29) is 18.1 Å². The van der Waals surface area contributed by atoms with Gasteiger partial charge in [0.25, 0.3) is 0 Å². The van der Waals surface area contributed by atoms with Gasteiger partial charge < -0.3 is 14.6 Å². The van der Waals surface area contributed by atoms with Crippen molar-refractivity contribution in [2.24, 2.45) is 7.05 Å². The third-order valence-electron chi connectivity index (χ3n) is 3.51. The van der Waals surface area contributed by atoms with Crippen LogP contribution in [0, 0.1) is 0 Å². The van der Waals surface area contributed by atoms with Gasteiger partial charge in [0.1, 0.15) is 6.10 Å². The van der Waals surface area contributed by atoms with E-state index in [1.54, 1.807) is 6.20 Å². The predicted octanol–water partition coefficient (Wildman–Crippen LogP) is 1.87. The minimum atomic E-state index is -0.0445. The maximum Gasteiger partial charge on any atom is 0.321 e. The van der Waals surface area contributed by atoms with E-state index < -0.39 is 0 Å². The first-order valence-electron chi connectivity index (χ1n) is 6.85. The molecule has 1 aliphatic rings. The summed E-state index contributed by atoms with van der Waals surface area (Å²) in [5, 5.41) is 11.4. The average Bonchev–Trinajstić information content (AvgIpc) is 3.10. The number of nitrogens with one attached hydrogen (secondary N) is 1. The minimum Gasteiger partial charge on any atom is -0.370 e. The molecule has 7 heteroatoms. The second kappa shape index (κ2) is 5.24. The number of ether oxygens (including phenoxy) is 1. The standard InChI is InChI=1S/C13H19N5O2/c1-8(2)12-16-13(20-17-12)15-9-5-7-19-11(9)10-4-6-14-18(10)3/h4,6,8-9,11H,5,7H2,1-3H3,(H,15,16,17)/t9-,11-/m0/s1. The Morgan fingerprint density at radius 2 is 2.30 bits per heavy atom. The van der Waals surface area contributed by atoms with Crippen LogP contribution in [0.5, 0.6) is 0 Å². The first-order chi connectivity index (χ1) is 9.65. The maximum absolute atomic E-state index is 5.80. The molecule has 1 fully saturated rings. The summed E-state index contributed by atoms with van der Waals surface area (Å²) in [6.45, 7) is 4.77. The van der Waals surface area contributed by atoms with E-state index >= 15 is 0 Å². The maximum atomic E-state index is 5.80. The number of hydrogen-bond acceptors (Lipinski definition) is 6. The molecular weight excluding hydrogens is 258 g/mol. The number of aryl methyl sites for hydroxylation is 1. The van der Waals surface area contributed by atoms with Gasteiger partial charge in [0.15, 0.2) is 5.82 Å². The van der Waals surface area contributed by atoms with Gasteiger partial charge in [-0.3, -0.25) is 4.68 Å². The lowest BCUT2D eigenvalue weighted by molar-refractivity contribution is 0.100. The summed E-state index contributed by atoms with van der Waals surface area (Å²) in [5.41, 5.74) is 1.04. The Kier molecular flexibility index (Phi) is 3.43. The Balaban J connectivity index is 1.74. The van der Waals surface area contributed by atoms with Crippen LogP contribution in [0.3, 0.4) is 0 Å². The number of rotatable bonds is 4. The lowest BCUT2D eigenvalue weighted by Gasteiger charge is -2.18. The molecule has 0 amide bonds. The van der Waals surface area contributed by atoms with Gasteiger partial charge in [-0.1, -0.05) is 19.0 Å². The molecule has 3 rings (SSSR count). The van der Waals surface area contributed by atoms with E-state index in [9.17, 15) is 0 Å². The topological polar surface area (TPSA) is 78.0 Å². The largest absolute Gasteiger partial charge is 0.370 e. The summed E-state index contributed by atoms with van der Waals surface area (Å²) < 4.78 is 12.9. The van der Waals surface area contributed by atoms with Crippen LogP contribution in [0.25, 0.3) is 0 Å². The van der Waals surface area contributed by atoms with Crippen molar-refractivity contribution in [2.45, 2.75) is 38.3 Å². The predicted molar refractivity (Wildman–Crippen MR) is 72.3 cm³/mol. The zero-order valence-corrected chi connectivity index (χ0v) is 11.9. The van der Waals surface area contributed by atoms with Gasteiger partial charge in [-0.05, 0) is 12.5 Å². The molecule has 0 aliphatic carbocycles. The minimum absolute atomic E-state index is 0.0445. The fourth-order valence-electron chi connectivity index (χ4n) is 2.38. The third-order valence-corrected chi connectivity index (χ3v) is 3.51. The second-order valence-corrected chi connectivity index (χ2v) is 5.32. The molecule has 2 aromatic heterocycles. The molecule has 7 nitrogen and oxygen atoms in total. The summed E-state index contributed by atoms with van der Waals surface area (Å²) in [7, 11) is 1.91. The van der Waals surface area contributed by atoms with Gasteiger partial charge >= 0.3 is 6.01 Å². The number of anilines is 1. The smallest absolute Gasteiger partial charge is 0.321 e. The van der Waals surface area contributed by atoms with E-state index in [4.69, 9.17) is 9.26 Å². The molecule has 1 N–H and O–H groups in total. The van der Waals surface area contributed by atoms with Crippen LogP contribution in [-0.4, -0.2) is 32.6 Å². The second-order valence-electron chi connectivity index (χ2n) is 5.32. The molecule has 0 radical (unpaired) electrons. The molecule has 2 atom stereocenters. The summed E-state index contributed by atoms with van der Waals surface area (Å²) in [4.78, 5) is 4.34. The highest BCUT2D eigenvalue weighted by Crippen LogP contribution is 2.30. The van der Waals surface area contributed by atoms with Crippen molar-refractivity contribution in [3.63, 3.8) is 0 Å². The Hall–Kier alpha value is -1.89. The number of nitrogens with zero attached hydrogens (tertiary/aromatic N) is 4. The molecule has 20 heavy (non-hydrogen) atoms. The van der Waals surface area contributed by atoms with Crippen molar-refractivity contribution in [2.75, 3.05) is 11.9 Å². The first-order valence-corrected chi connectivity index (χ1v) is 6.85. The van der Waals surface area contributed by atoms with Gasteiger partial charge in [-0.15, -0.1) is 0 Å². The zero-order chi connectivity index (χ0) is 14.1. The SMILES string of the molecule is CC(C)c1noc(N[C@H]2CCO[C@@H]2c2ccnn2C)n1. The molecule has 108 valence electrons. The summed E-state index contributed by atoms with van der Waals surface area (Å²) in [6.07, 6.45) is 2.63. The Bertz CT molecular complexity index is 577. The van der Waals surface area contributed by atoms with E-state index in [1.807, 2.05) is 31.6 Å². The highest BCUT2D eigenvalue weighted by Gasteiger charge is 2.32. The Morgan fingerprint density at radius 1 is 1.45 bits per heavy atom. The van der Waals surface area contributed by atoms with E-state index in [1.165, 1.54) is 0 Å². The highest BCUT2D eigenvalue weighted by molar-refractivity contribution is 5.25. The normalized spacial score (nSPS) is 22.6. The molecule has 1 aliphatic heterocycles. The van der Waals surface area contributed by atoms with Crippen molar-refractivity contribution in [3.05, 3.63) is 23.8 Å². The molecule has 0 saturated carbocycles. The molecule has 2 aromatic rings. The van der Waals surface area contributed by atoms with Crippen LogP contribution in [0.1, 0.15) is 43.8 Å². The molecule has 0 unspecified atom stereocenters. The Labute approximate surface area is 117 Å². The fraction of sp³-hybridized carbons (Fsp3) is 0.615. The lowest BCUT2D eigenvalue weighted by Crippen LogP contribution is -2.25. The van der Waals surface area contributed by atoms with Gasteiger partial charge in [0.2, 0.25) is 0 Å². The van der Waals surface area contributed by atoms with Gasteiger partial charge in [-0.25, -0.2) is 0 Å². The monoisotopic (exact) mass is 277 g/mol. The number of aromatic nitrogens is 4. The lowest BCUT2D eigenvalue weighted by atomic mass is 10.1. The quantitative estimate of drug-likeness (QED) is 0.919. The summed E-state index contributed by atoms with van der Waals surface area (Å²) in [6, 6.07) is 2.54. The van der Waals surface area contributed by atoms with Gasteiger partial charge in [0.05, 0.1) is 11.7 Å². The molecule has 3 heterocycles. The first kappa shape index (κ1) is 13.1. The molecule has 1 saturated heterocycles. The Morgan fingerprint density at radius 3 is 2.95 bits per heavy atom. The van der Waals surface area contributed by atoms with Crippen molar-refractivity contribution in [1.29, 1.82) is 0 Å². The summed E-state index contributed by atoms with van der Waals surface area (Å²) in [5.74, 6) is 0.963. The molecule has 0 spiro atoms. The van der Waals surface area contributed by atoms with Crippen LogP contribution in [0.15, 0.2) is 16.8 Å². The zero-order valence-electron chi connectivity index (χ0n) is 11.9. The number of hydrogen-bond donors (Lipinski definition) is 1. The van der Waals surface area contributed by atoms with Crippen LogP contribution in [0.4, 0.5) is 6.01 Å².